The van der Waals surface area contributed by atoms with Crippen LogP contribution in [0.4, 0.5) is 4.39 Å². The summed E-state index contributed by atoms with van der Waals surface area (Å²) in [6.07, 6.45) is 2.23. The molecule has 0 bridgehead atoms. The van der Waals surface area contributed by atoms with Crippen LogP contribution in [-0.2, 0) is 0 Å². The van der Waals surface area contributed by atoms with Gasteiger partial charge in [0.15, 0.2) is 0 Å². The lowest BCUT2D eigenvalue weighted by atomic mass is 9.86. The quantitative estimate of drug-likeness (QED) is 0.819. The predicted molar refractivity (Wildman–Crippen MR) is 66.8 cm³/mol. The van der Waals surface area contributed by atoms with Crippen LogP contribution in [0.2, 0.25) is 0 Å². The van der Waals surface area contributed by atoms with E-state index in [0.29, 0.717) is 5.56 Å². The van der Waals surface area contributed by atoms with E-state index in [2.05, 4.69) is 5.32 Å². The molecule has 1 amide bonds. The van der Waals surface area contributed by atoms with E-state index in [4.69, 9.17) is 0 Å². The molecule has 1 aromatic carbocycles. The second-order valence-electron chi connectivity index (χ2n) is 5.41. The summed E-state index contributed by atoms with van der Waals surface area (Å²) < 4.78 is 12.8. The fourth-order valence-corrected chi connectivity index (χ4v) is 3.03. The van der Waals surface area contributed by atoms with Gasteiger partial charge in [0.05, 0.1) is 0 Å². The highest BCUT2D eigenvalue weighted by molar-refractivity contribution is 5.94. The molecule has 0 aromatic heterocycles. The van der Waals surface area contributed by atoms with Gasteiger partial charge in [-0.15, -0.1) is 0 Å². The van der Waals surface area contributed by atoms with Gasteiger partial charge in [-0.05, 0) is 43.7 Å². The number of rotatable bonds is 1. The zero-order chi connectivity index (χ0) is 12.6. The highest BCUT2D eigenvalue weighted by Gasteiger charge is 2.41. The molecule has 18 heavy (non-hydrogen) atoms. The summed E-state index contributed by atoms with van der Waals surface area (Å²) in [7, 11) is 0. The Bertz CT molecular complexity index is 451. The van der Waals surface area contributed by atoms with Gasteiger partial charge in [0, 0.05) is 30.6 Å². The van der Waals surface area contributed by atoms with E-state index >= 15 is 0 Å². The minimum absolute atomic E-state index is 0.0266. The van der Waals surface area contributed by atoms with Gasteiger partial charge < -0.3 is 10.2 Å². The van der Waals surface area contributed by atoms with Crippen molar-refractivity contribution in [1.29, 1.82) is 0 Å². The van der Waals surface area contributed by atoms with Gasteiger partial charge in [0.2, 0.25) is 0 Å². The predicted octanol–water partition coefficient (Wildman–Crippen LogP) is 1.65. The average Bonchev–Trinajstić information content (AvgIpc) is 3.01. The lowest BCUT2D eigenvalue weighted by Gasteiger charge is -2.22. The third-order valence-corrected chi connectivity index (χ3v) is 4.15. The molecule has 1 aromatic rings. The van der Waals surface area contributed by atoms with E-state index in [1.807, 2.05) is 4.90 Å². The number of carbonyl (C=O) groups excluding carboxylic acids is 1. The third kappa shape index (κ3) is 2.01. The summed E-state index contributed by atoms with van der Waals surface area (Å²) in [5.41, 5.74) is 0.870. The number of amides is 1. The third-order valence-electron chi connectivity index (χ3n) is 4.15. The monoisotopic (exact) mass is 248 g/mol. The standard InChI is InChI=1S/C14H17FN2O/c15-12-3-1-11(2-4-12)13(18)17-8-6-14(10-17)5-7-16-9-14/h1-4,16H,5-10H2. The molecule has 96 valence electrons. The van der Waals surface area contributed by atoms with E-state index in [1.165, 1.54) is 12.1 Å². The Morgan fingerprint density at radius 2 is 2.06 bits per heavy atom. The molecule has 2 aliphatic heterocycles. The van der Waals surface area contributed by atoms with Crippen molar-refractivity contribution >= 4 is 5.91 Å². The number of benzene rings is 1. The highest BCUT2D eigenvalue weighted by Crippen LogP contribution is 2.36. The summed E-state index contributed by atoms with van der Waals surface area (Å²) in [4.78, 5) is 14.2. The number of nitrogens with zero attached hydrogens (tertiary/aromatic N) is 1. The molecule has 0 radical (unpaired) electrons. The Labute approximate surface area is 106 Å². The number of nitrogens with one attached hydrogen (secondary N) is 1. The van der Waals surface area contributed by atoms with Gasteiger partial charge in [0.25, 0.3) is 5.91 Å². The Morgan fingerprint density at radius 1 is 1.28 bits per heavy atom. The van der Waals surface area contributed by atoms with Gasteiger partial charge in [0.1, 0.15) is 5.82 Å². The fourth-order valence-electron chi connectivity index (χ4n) is 3.03. The molecule has 3 nitrogen and oxygen atoms in total. The normalized spacial score (nSPS) is 27.1. The van der Waals surface area contributed by atoms with Crippen molar-refractivity contribution in [1.82, 2.24) is 10.2 Å². The summed E-state index contributed by atoms with van der Waals surface area (Å²) in [5.74, 6) is -0.275. The zero-order valence-electron chi connectivity index (χ0n) is 10.3. The highest BCUT2D eigenvalue weighted by atomic mass is 19.1. The molecule has 2 aliphatic rings. The molecule has 1 N–H and O–H groups in total. The summed E-state index contributed by atoms with van der Waals surface area (Å²) >= 11 is 0. The number of likely N-dealkylation sites (tertiary alicyclic amines) is 1. The minimum atomic E-state index is -0.301. The Morgan fingerprint density at radius 3 is 2.72 bits per heavy atom. The first-order valence-electron chi connectivity index (χ1n) is 6.44. The zero-order valence-corrected chi connectivity index (χ0v) is 10.3. The van der Waals surface area contributed by atoms with Gasteiger partial charge in [-0.3, -0.25) is 4.79 Å². The Kier molecular flexibility index (Phi) is 2.82. The summed E-state index contributed by atoms with van der Waals surface area (Å²) in [6, 6.07) is 5.82. The van der Waals surface area contributed by atoms with Crippen molar-refractivity contribution in [2.75, 3.05) is 26.2 Å². The van der Waals surface area contributed by atoms with Crippen LogP contribution >= 0.6 is 0 Å². The van der Waals surface area contributed by atoms with E-state index in [1.54, 1.807) is 12.1 Å². The first-order chi connectivity index (χ1) is 8.69. The number of hydrogen-bond acceptors (Lipinski definition) is 2. The number of halogens is 1. The Hall–Kier alpha value is -1.42. The van der Waals surface area contributed by atoms with Crippen LogP contribution in [-0.4, -0.2) is 37.0 Å². The van der Waals surface area contributed by atoms with Gasteiger partial charge in [-0.1, -0.05) is 0 Å². The van der Waals surface area contributed by atoms with Gasteiger partial charge >= 0.3 is 0 Å². The topological polar surface area (TPSA) is 32.3 Å². The molecule has 2 saturated heterocycles. The van der Waals surface area contributed by atoms with Gasteiger partial charge in [-0.2, -0.15) is 0 Å². The largest absolute Gasteiger partial charge is 0.338 e. The second kappa shape index (κ2) is 4.35. The van der Waals surface area contributed by atoms with Crippen molar-refractivity contribution < 1.29 is 9.18 Å². The van der Waals surface area contributed by atoms with Crippen LogP contribution in [0.3, 0.4) is 0 Å². The molecule has 2 fully saturated rings. The number of carbonyl (C=O) groups is 1. The van der Waals surface area contributed by atoms with Crippen molar-refractivity contribution in [3.8, 4) is 0 Å². The molecular formula is C14H17FN2O. The first-order valence-corrected chi connectivity index (χ1v) is 6.44. The van der Waals surface area contributed by atoms with Gasteiger partial charge in [-0.25, -0.2) is 4.39 Å². The lowest BCUT2D eigenvalue weighted by Crippen LogP contribution is -2.33. The van der Waals surface area contributed by atoms with E-state index in [9.17, 15) is 9.18 Å². The summed E-state index contributed by atoms with van der Waals surface area (Å²) in [6.45, 7) is 3.72. The molecule has 2 heterocycles. The van der Waals surface area contributed by atoms with Crippen LogP contribution in [0.5, 0.6) is 0 Å². The fraction of sp³-hybridized carbons (Fsp3) is 0.500. The minimum Gasteiger partial charge on any atom is -0.338 e. The van der Waals surface area contributed by atoms with E-state index < -0.39 is 0 Å². The maximum absolute atomic E-state index is 12.8. The van der Waals surface area contributed by atoms with Crippen LogP contribution in [0.25, 0.3) is 0 Å². The molecule has 1 spiro atoms. The van der Waals surface area contributed by atoms with Crippen LogP contribution in [0.1, 0.15) is 23.2 Å². The molecule has 0 aliphatic carbocycles. The molecular weight excluding hydrogens is 231 g/mol. The van der Waals surface area contributed by atoms with Crippen LogP contribution < -0.4 is 5.32 Å². The Balaban J connectivity index is 1.72. The second-order valence-corrected chi connectivity index (χ2v) is 5.41. The van der Waals surface area contributed by atoms with Crippen LogP contribution in [0.15, 0.2) is 24.3 Å². The maximum atomic E-state index is 12.8. The van der Waals surface area contributed by atoms with E-state index in [0.717, 1.165) is 39.0 Å². The van der Waals surface area contributed by atoms with Crippen molar-refractivity contribution in [2.24, 2.45) is 5.41 Å². The molecule has 3 rings (SSSR count). The van der Waals surface area contributed by atoms with Crippen molar-refractivity contribution in [2.45, 2.75) is 12.8 Å². The molecule has 4 heteroatoms. The summed E-state index contributed by atoms with van der Waals surface area (Å²) in [5, 5.41) is 3.37. The maximum Gasteiger partial charge on any atom is 0.253 e. The first kappa shape index (κ1) is 11.7. The average molecular weight is 248 g/mol. The lowest BCUT2D eigenvalue weighted by molar-refractivity contribution is 0.0775. The SMILES string of the molecule is O=C(c1ccc(F)cc1)N1CCC2(CCNC2)C1. The van der Waals surface area contributed by atoms with Crippen molar-refractivity contribution in [3.63, 3.8) is 0 Å². The molecule has 1 unspecified atom stereocenters. The van der Waals surface area contributed by atoms with Crippen LogP contribution in [0, 0.1) is 11.2 Å². The molecule has 0 saturated carbocycles. The smallest absolute Gasteiger partial charge is 0.253 e. The van der Waals surface area contributed by atoms with Crippen molar-refractivity contribution in [3.05, 3.63) is 35.6 Å². The van der Waals surface area contributed by atoms with E-state index in [-0.39, 0.29) is 17.1 Å². The molecule has 1 atom stereocenters. The number of hydrogen-bond donors (Lipinski definition) is 1.